The summed E-state index contributed by atoms with van der Waals surface area (Å²) in [5.74, 6) is 0. The molecule has 0 unspecified atom stereocenters. The number of nitrogens with one attached hydrogen (secondary N) is 1. The second-order valence-corrected chi connectivity index (χ2v) is 2.83. The lowest BCUT2D eigenvalue weighted by Gasteiger charge is -2.04. The van der Waals surface area contributed by atoms with Crippen LogP contribution < -0.4 is 5.32 Å². The summed E-state index contributed by atoms with van der Waals surface area (Å²) < 4.78 is 0. The molecule has 0 amide bonds. The van der Waals surface area contributed by atoms with Gasteiger partial charge in [0.2, 0.25) is 0 Å². The third kappa shape index (κ3) is 2.42. The Morgan fingerprint density at radius 1 is 1.42 bits per heavy atom. The van der Waals surface area contributed by atoms with Gasteiger partial charge in [0.25, 0.3) is 0 Å². The van der Waals surface area contributed by atoms with Crippen molar-refractivity contribution in [1.29, 1.82) is 0 Å². The van der Waals surface area contributed by atoms with Crippen LogP contribution in [-0.4, -0.2) is 6.54 Å². The molecule has 1 aromatic carbocycles. The van der Waals surface area contributed by atoms with Crippen molar-refractivity contribution in [3.05, 3.63) is 48.2 Å². The van der Waals surface area contributed by atoms with Crippen LogP contribution in [0.2, 0.25) is 0 Å². The zero-order valence-corrected chi connectivity index (χ0v) is 7.51. The van der Waals surface area contributed by atoms with Crippen LogP contribution in [0.1, 0.15) is 11.1 Å². The van der Waals surface area contributed by atoms with Gasteiger partial charge in [-0.1, -0.05) is 30.8 Å². The molecule has 0 heterocycles. The molecule has 1 nitrogen and oxygen atoms in total. The lowest BCUT2D eigenvalue weighted by Crippen LogP contribution is -2.09. The van der Waals surface area contributed by atoms with E-state index in [1.165, 1.54) is 11.1 Å². The Morgan fingerprint density at radius 2 is 2.17 bits per heavy atom. The molecule has 1 heteroatoms. The minimum Gasteiger partial charge on any atom is -0.391 e. The summed E-state index contributed by atoms with van der Waals surface area (Å²) in [6.45, 7) is 6.71. The first-order chi connectivity index (χ1) is 5.84. The van der Waals surface area contributed by atoms with E-state index in [9.17, 15) is 0 Å². The smallest absolute Gasteiger partial charge is 0.0181 e. The van der Waals surface area contributed by atoms with E-state index in [0.717, 1.165) is 13.0 Å². The van der Waals surface area contributed by atoms with Crippen LogP contribution in [0, 0.1) is 6.92 Å². The van der Waals surface area contributed by atoms with Gasteiger partial charge in [-0.05, 0) is 30.7 Å². The SMILES string of the molecule is C=CNCCc1ccccc1C. The number of benzene rings is 1. The largest absolute Gasteiger partial charge is 0.391 e. The number of rotatable bonds is 4. The molecule has 0 radical (unpaired) electrons. The average molecular weight is 161 g/mol. The van der Waals surface area contributed by atoms with E-state index in [4.69, 9.17) is 0 Å². The number of hydrogen-bond donors (Lipinski definition) is 1. The summed E-state index contributed by atoms with van der Waals surface area (Å²) in [6.07, 6.45) is 2.80. The van der Waals surface area contributed by atoms with Gasteiger partial charge >= 0.3 is 0 Å². The van der Waals surface area contributed by atoms with E-state index in [1.807, 2.05) is 0 Å². The second-order valence-electron chi connectivity index (χ2n) is 2.83. The molecule has 0 aromatic heterocycles. The summed E-state index contributed by atoms with van der Waals surface area (Å²) >= 11 is 0. The van der Waals surface area contributed by atoms with Crippen LogP contribution in [-0.2, 0) is 6.42 Å². The minimum atomic E-state index is 0.967. The molecule has 1 N–H and O–H groups in total. The normalized spacial score (nSPS) is 9.42. The summed E-state index contributed by atoms with van der Waals surface area (Å²) in [4.78, 5) is 0. The molecule has 0 spiro atoms. The zero-order chi connectivity index (χ0) is 8.81. The molecule has 0 atom stereocenters. The average Bonchev–Trinajstić information content (AvgIpc) is 2.09. The Kier molecular flexibility index (Phi) is 3.39. The predicted octanol–water partition coefficient (Wildman–Crippen LogP) is 2.27. The molecule has 0 aliphatic rings. The van der Waals surface area contributed by atoms with Crippen LogP contribution in [0.25, 0.3) is 0 Å². The Balaban J connectivity index is 2.51. The molecule has 0 saturated carbocycles. The number of aryl methyl sites for hydroxylation is 1. The van der Waals surface area contributed by atoms with Crippen molar-refractivity contribution in [3.63, 3.8) is 0 Å². The van der Waals surface area contributed by atoms with Gasteiger partial charge in [-0.15, -0.1) is 0 Å². The third-order valence-electron chi connectivity index (χ3n) is 1.94. The molecule has 0 bridgehead atoms. The maximum Gasteiger partial charge on any atom is 0.0181 e. The quantitative estimate of drug-likeness (QED) is 0.668. The maximum absolute atomic E-state index is 3.60. The molecule has 12 heavy (non-hydrogen) atoms. The van der Waals surface area contributed by atoms with Gasteiger partial charge in [-0.2, -0.15) is 0 Å². The standard InChI is InChI=1S/C11H15N/c1-3-12-9-8-11-7-5-4-6-10(11)2/h3-7,12H,1,8-9H2,2H3. The van der Waals surface area contributed by atoms with Crippen molar-refractivity contribution in [2.75, 3.05) is 6.54 Å². The van der Waals surface area contributed by atoms with E-state index in [1.54, 1.807) is 6.20 Å². The van der Waals surface area contributed by atoms with Crippen LogP contribution in [0.3, 0.4) is 0 Å². The minimum absolute atomic E-state index is 0.967. The maximum atomic E-state index is 3.60. The molecule has 0 aliphatic carbocycles. The van der Waals surface area contributed by atoms with Crippen LogP contribution in [0.15, 0.2) is 37.0 Å². The first-order valence-corrected chi connectivity index (χ1v) is 4.23. The molecule has 64 valence electrons. The fraction of sp³-hybridized carbons (Fsp3) is 0.273. The van der Waals surface area contributed by atoms with Crippen LogP contribution in [0.5, 0.6) is 0 Å². The molecule has 0 fully saturated rings. The molecule has 1 rings (SSSR count). The van der Waals surface area contributed by atoms with Crippen molar-refractivity contribution in [2.45, 2.75) is 13.3 Å². The second kappa shape index (κ2) is 4.60. The van der Waals surface area contributed by atoms with Crippen LogP contribution >= 0.6 is 0 Å². The van der Waals surface area contributed by atoms with Gasteiger partial charge < -0.3 is 5.32 Å². The van der Waals surface area contributed by atoms with Gasteiger partial charge in [-0.25, -0.2) is 0 Å². The molecular weight excluding hydrogens is 146 g/mol. The Labute approximate surface area is 74.1 Å². The van der Waals surface area contributed by atoms with E-state index in [-0.39, 0.29) is 0 Å². The highest BCUT2D eigenvalue weighted by Crippen LogP contribution is 2.06. The molecule has 0 saturated heterocycles. The Morgan fingerprint density at radius 3 is 2.83 bits per heavy atom. The summed E-state index contributed by atoms with van der Waals surface area (Å²) in [5.41, 5.74) is 2.77. The lowest BCUT2D eigenvalue weighted by molar-refractivity contribution is 0.830. The highest BCUT2D eigenvalue weighted by Gasteiger charge is 1.94. The number of hydrogen-bond acceptors (Lipinski definition) is 1. The van der Waals surface area contributed by atoms with Crippen molar-refractivity contribution >= 4 is 0 Å². The zero-order valence-electron chi connectivity index (χ0n) is 7.51. The highest BCUT2D eigenvalue weighted by molar-refractivity contribution is 5.25. The van der Waals surface area contributed by atoms with Gasteiger partial charge in [0.1, 0.15) is 0 Å². The van der Waals surface area contributed by atoms with E-state index in [2.05, 4.69) is 43.1 Å². The summed E-state index contributed by atoms with van der Waals surface area (Å²) in [6, 6.07) is 8.46. The van der Waals surface area contributed by atoms with Crippen molar-refractivity contribution in [1.82, 2.24) is 5.32 Å². The fourth-order valence-corrected chi connectivity index (χ4v) is 1.20. The van der Waals surface area contributed by atoms with Gasteiger partial charge in [0, 0.05) is 6.54 Å². The highest BCUT2D eigenvalue weighted by atomic mass is 14.8. The molecule has 1 aromatic rings. The van der Waals surface area contributed by atoms with Gasteiger partial charge in [0.05, 0.1) is 0 Å². The Bertz CT molecular complexity index is 253. The lowest BCUT2D eigenvalue weighted by atomic mass is 10.1. The topological polar surface area (TPSA) is 12.0 Å². The van der Waals surface area contributed by atoms with Gasteiger partial charge in [0.15, 0.2) is 0 Å². The fourth-order valence-electron chi connectivity index (χ4n) is 1.20. The van der Waals surface area contributed by atoms with Gasteiger partial charge in [-0.3, -0.25) is 0 Å². The van der Waals surface area contributed by atoms with E-state index in [0.29, 0.717) is 0 Å². The molecule has 0 aliphatic heterocycles. The van der Waals surface area contributed by atoms with Crippen molar-refractivity contribution in [3.8, 4) is 0 Å². The van der Waals surface area contributed by atoms with E-state index < -0.39 is 0 Å². The van der Waals surface area contributed by atoms with E-state index >= 15 is 0 Å². The molecular formula is C11H15N. The van der Waals surface area contributed by atoms with Crippen molar-refractivity contribution < 1.29 is 0 Å². The first-order valence-electron chi connectivity index (χ1n) is 4.23. The predicted molar refractivity (Wildman–Crippen MR) is 53.1 cm³/mol. The summed E-state index contributed by atoms with van der Waals surface area (Å²) in [5, 5.41) is 3.09. The van der Waals surface area contributed by atoms with Crippen LogP contribution in [0.4, 0.5) is 0 Å². The summed E-state index contributed by atoms with van der Waals surface area (Å²) in [7, 11) is 0. The van der Waals surface area contributed by atoms with Crippen molar-refractivity contribution in [2.24, 2.45) is 0 Å². The monoisotopic (exact) mass is 161 g/mol. The third-order valence-corrected chi connectivity index (χ3v) is 1.94. The first kappa shape index (κ1) is 8.85. The Hall–Kier alpha value is -1.24.